The summed E-state index contributed by atoms with van der Waals surface area (Å²) in [5.41, 5.74) is 0. The van der Waals surface area contributed by atoms with Crippen LogP contribution in [-0.4, -0.2) is 23.7 Å². The van der Waals surface area contributed by atoms with E-state index in [0.717, 1.165) is 37.8 Å². The van der Waals surface area contributed by atoms with E-state index in [2.05, 4.69) is 13.8 Å². The first-order valence-electron chi connectivity index (χ1n) is 5.67. The van der Waals surface area contributed by atoms with Gasteiger partial charge in [-0.05, 0) is 12.3 Å². The van der Waals surface area contributed by atoms with Crippen LogP contribution in [0, 0.1) is 5.92 Å². The number of unbranched alkanes of at least 4 members (excludes halogenated alkanes) is 1. The molecule has 17 heavy (non-hydrogen) atoms. The van der Waals surface area contributed by atoms with Gasteiger partial charge in [-0.1, -0.05) is 33.1 Å². The van der Waals surface area contributed by atoms with Gasteiger partial charge in [0.25, 0.3) is 0 Å². The van der Waals surface area contributed by atoms with Gasteiger partial charge in [0.1, 0.15) is 0 Å². The van der Waals surface area contributed by atoms with Crippen molar-refractivity contribution in [3.8, 4) is 0 Å². The summed E-state index contributed by atoms with van der Waals surface area (Å²) in [4.78, 5) is 21.2. The fraction of sp³-hybridized carbons (Fsp3) is 0.667. The molecule has 1 atom stereocenters. The van der Waals surface area contributed by atoms with Crippen LogP contribution in [0.2, 0.25) is 0 Å². The Bertz CT molecular complexity index is 251. The Morgan fingerprint density at radius 2 is 1.94 bits per heavy atom. The van der Waals surface area contributed by atoms with E-state index >= 15 is 0 Å². The fourth-order valence-electron chi connectivity index (χ4n) is 1.29. The quantitative estimate of drug-likeness (QED) is 0.424. The molecule has 0 amide bonds. The summed E-state index contributed by atoms with van der Waals surface area (Å²) in [6.07, 6.45) is 5.99. The summed E-state index contributed by atoms with van der Waals surface area (Å²) in [6.45, 7) is 4.55. The molecular weight excluding hydrogens is 274 g/mol. The zero-order valence-corrected chi connectivity index (χ0v) is 13.6. The van der Waals surface area contributed by atoms with Gasteiger partial charge in [-0.15, -0.1) is 0 Å². The van der Waals surface area contributed by atoms with Crippen LogP contribution >= 0.6 is 0 Å². The molecule has 0 aliphatic rings. The fourth-order valence-corrected chi connectivity index (χ4v) is 1.29. The van der Waals surface area contributed by atoms with E-state index in [4.69, 9.17) is 9.84 Å². The average Bonchev–Trinajstić information content (AvgIpc) is 2.26. The maximum absolute atomic E-state index is 11.1. The monoisotopic (exact) mass is 292 g/mol. The second-order valence-corrected chi connectivity index (χ2v) is 3.72. The molecule has 0 radical (unpaired) electrons. The molecule has 5 heteroatoms. The molecule has 0 aliphatic carbocycles. The molecule has 0 saturated carbocycles. The molecule has 0 saturated heterocycles. The van der Waals surface area contributed by atoms with Crippen molar-refractivity contribution in [2.24, 2.45) is 5.92 Å². The van der Waals surface area contributed by atoms with E-state index in [1.165, 1.54) is 0 Å². The summed E-state index contributed by atoms with van der Waals surface area (Å²) in [5, 5.41) is 8.31. The second kappa shape index (κ2) is 11.8. The minimum Gasteiger partial charge on any atom is -0.478 e. The normalized spacial score (nSPS) is 11.9. The van der Waals surface area contributed by atoms with Crippen molar-refractivity contribution >= 4 is 11.9 Å². The zero-order chi connectivity index (χ0) is 12.4. The number of carboxylic acid groups (broad SMARTS) is 1. The summed E-state index contributed by atoms with van der Waals surface area (Å²) in [5.74, 6) is -1.35. The Hall–Kier alpha value is -0.697. The maximum atomic E-state index is 11.1. The van der Waals surface area contributed by atoms with Crippen molar-refractivity contribution in [1.82, 2.24) is 0 Å². The third-order valence-corrected chi connectivity index (χ3v) is 2.37. The standard InChI is InChI=1S/C12H20O4.Zn/c1-3-5-6-10(4-2)9-16-12(15)8-7-11(13)14;/h7-8,10H,3-6,9H2,1-2H3,(H,13,14);. The number of carbonyl (C=O) groups is 2. The number of hydrogen-bond donors (Lipinski definition) is 1. The number of ether oxygens (including phenoxy) is 1. The first-order chi connectivity index (χ1) is 7.60. The van der Waals surface area contributed by atoms with E-state index in [1.54, 1.807) is 0 Å². The molecule has 1 N–H and O–H groups in total. The Balaban J connectivity index is 0. The maximum Gasteiger partial charge on any atom is 0.331 e. The van der Waals surface area contributed by atoms with Crippen LogP contribution in [0.15, 0.2) is 12.2 Å². The van der Waals surface area contributed by atoms with Crippen LogP contribution in [0.1, 0.15) is 39.5 Å². The van der Waals surface area contributed by atoms with E-state index in [9.17, 15) is 9.59 Å². The first-order valence-corrected chi connectivity index (χ1v) is 5.67. The molecule has 0 aromatic heterocycles. The first kappa shape index (κ1) is 18.7. The molecular formula is C12H20O4Zn. The predicted molar refractivity (Wildman–Crippen MR) is 61.0 cm³/mol. The molecule has 4 nitrogen and oxygen atoms in total. The molecule has 0 spiro atoms. The number of carbonyl (C=O) groups excluding carboxylic acids is 1. The summed E-state index contributed by atoms with van der Waals surface area (Å²) < 4.78 is 4.95. The van der Waals surface area contributed by atoms with Crippen LogP contribution in [0.5, 0.6) is 0 Å². The van der Waals surface area contributed by atoms with Crippen LogP contribution in [0.3, 0.4) is 0 Å². The molecule has 0 heterocycles. The summed E-state index contributed by atoms with van der Waals surface area (Å²) in [6, 6.07) is 0. The number of rotatable bonds is 8. The molecule has 0 rings (SSSR count). The van der Waals surface area contributed by atoms with E-state index < -0.39 is 11.9 Å². The van der Waals surface area contributed by atoms with Crippen LogP contribution in [-0.2, 0) is 33.8 Å². The number of esters is 1. The smallest absolute Gasteiger partial charge is 0.331 e. The van der Waals surface area contributed by atoms with E-state index in [0.29, 0.717) is 12.5 Å². The third-order valence-electron chi connectivity index (χ3n) is 2.37. The van der Waals surface area contributed by atoms with Gasteiger partial charge in [-0.2, -0.15) is 0 Å². The topological polar surface area (TPSA) is 63.6 Å². The van der Waals surface area contributed by atoms with Gasteiger partial charge in [0.15, 0.2) is 0 Å². The third kappa shape index (κ3) is 11.6. The van der Waals surface area contributed by atoms with Crippen molar-refractivity contribution in [1.29, 1.82) is 0 Å². The molecule has 0 aliphatic heterocycles. The Morgan fingerprint density at radius 3 is 2.41 bits per heavy atom. The van der Waals surface area contributed by atoms with Crippen molar-refractivity contribution in [2.75, 3.05) is 6.61 Å². The van der Waals surface area contributed by atoms with E-state index in [1.807, 2.05) is 0 Å². The summed E-state index contributed by atoms with van der Waals surface area (Å²) >= 11 is 0. The van der Waals surface area contributed by atoms with Crippen LogP contribution < -0.4 is 0 Å². The average molecular weight is 294 g/mol. The van der Waals surface area contributed by atoms with Crippen molar-refractivity contribution < 1.29 is 38.9 Å². The van der Waals surface area contributed by atoms with Gasteiger partial charge in [0, 0.05) is 31.6 Å². The molecule has 0 aromatic rings. The van der Waals surface area contributed by atoms with Gasteiger partial charge < -0.3 is 9.84 Å². The van der Waals surface area contributed by atoms with Crippen molar-refractivity contribution in [2.45, 2.75) is 39.5 Å². The van der Waals surface area contributed by atoms with Gasteiger partial charge in [-0.25, -0.2) is 9.59 Å². The zero-order valence-electron chi connectivity index (χ0n) is 10.6. The summed E-state index contributed by atoms with van der Waals surface area (Å²) in [7, 11) is 0. The molecule has 0 bridgehead atoms. The largest absolute Gasteiger partial charge is 0.478 e. The van der Waals surface area contributed by atoms with Crippen molar-refractivity contribution in [3.05, 3.63) is 12.2 Å². The van der Waals surface area contributed by atoms with Gasteiger partial charge in [0.2, 0.25) is 0 Å². The van der Waals surface area contributed by atoms with Crippen LogP contribution in [0.25, 0.3) is 0 Å². The number of hydrogen-bond acceptors (Lipinski definition) is 3. The van der Waals surface area contributed by atoms with Gasteiger partial charge in [0.05, 0.1) is 6.61 Å². The van der Waals surface area contributed by atoms with Crippen LogP contribution in [0.4, 0.5) is 0 Å². The van der Waals surface area contributed by atoms with Gasteiger partial charge >= 0.3 is 11.9 Å². The molecule has 0 aromatic carbocycles. The predicted octanol–water partition coefficient (Wildman–Crippen LogP) is 2.38. The molecule has 0 fully saturated rings. The number of carboxylic acids is 1. The Labute approximate surface area is 115 Å². The van der Waals surface area contributed by atoms with Crippen molar-refractivity contribution in [3.63, 3.8) is 0 Å². The minimum absolute atomic E-state index is 0. The number of aliphatic carboxylic acids is 1. The Kier molecular flexibility index (Phi) is 12.9. The molecule has 94 valence electrons. The minimum atomic E-state index is -1.14. The van der Waals surface area contributed by atoms with E-state index in [-0.39, 0.29) is 19.5 Å². The second-order valence-electron chi connectivity index (χ2n) is 3.72. The SMILES string of the molecule is CCCCC(CC)COC(=O)C=CC(=O)O.[Zn]. The molecule has 1 unspecified atom stereocenters. The Morgan fingerprint density at radius 1 is 1.29 bits per heavy atom. The van der Waals surface area contributed by atoms with Gasteiger partial charge in [-0.3, -0.25) is 0 Å².